The van der Waals surface area contributed by atoms with E-state index in [9.17, 15) is 0 Å². The molecule has 0 radical (unpaired) electrons. The number of nitrogens with zero attached hydrogens (tertiary/aromatic N) is 3. The predicted octanol–water partition coefficient (Wildman–Crippen LogP) is 3.47. The van der Waals surface area contributed by atoms with E-state index in [4.69, 9.17) is 11.6 Å². The molecule has 1 aromatic carbocycles. The Bertz CT molecular complexity index is 550. The number of anilines is 3. The molecule has 2 aromatic rings. The second kappa shape index (κ2) is 5.45. The number of benzene rings is 1. The molecular formula is C14H15ClN4. The van der Waals surface area contributed by atoms with Crippen LogP contribution in [-0.2, 0) is 0 Å². The molecule has 3 rings (SSSR count). The molecule has 98 valence electrons. The average Bonchev–Trinajstić information content (AvgIpc) is 2.94. The van der Waals surface area contributed by atoms with Crippen molar-refractivity contribution in [2.24, 2.45) is 0 Å². The van der Waals surface area contributed by atoms with Crippen LogP contribution >= 0.6 is 11.6 Å². The second-order valence-electron chi connectivity index (χ2n) is 4.59. The van der Waals surface area contributed by atoms with E-state index >= 15 is 0 Å². The molecule has 4 nitrogen and oxygen atoms in total. The maximum absolute atomic E-state index is 5.80. The highest BCUT2D eigenvalue weighted by Crippen LogP contribution is 2.23. The first kappa shape index (κ1) is 12.2. The minimum atomic E-state index is 0.388. The van der Waals surface area contributed by atoms with Crippen molar-refractivity contribution in [1.29, 1.82) is 0 Å². The molecule has 0 spiro atoms. The maximum Gasteiger partial charge on any atom is 0.150 e. The molecule has 1 fully saturated rings. The Morgan fingerprint density at radius 2 is 1.79 bits per heavy atom. The molecular weight excluding hydrogens is 260 g/mol. The normalized spacial score (nSPS) is 14.7. The van der Waals surface area contributed by atoms with Gasteiger partial charge in [-0.25, -0.2) is 4.98 Å². The lowest BCUT2D eigenvalue weighted by molar-refractivity contribution is 0.949. The van der Waals surface area contributed by atoms with Gasteiger partial charge in [0.05, 0.1) is 12.4 Å². The van der Waals surface area contributed by atoms with Gasteiger partial charge in [0.25, 0.3) is 0 Å². The predicted molar refractivity (Wildman–Crippen MR) is 78.2 cm³/mol. The third-order valence-electron chi connectivity index (χ3n) is 3.22. The quantitative estimate of drug-likeness (QED) is 0.930. The van der Waals surface area contributed by atoms with Crippen LogP contribution in [0.15, 0.2) is 36.7 Å². The fourth-order valence-electron chi connectivity index (χ4n) is 2.28. The van der Waals surface area contributed by atoms with Crippen molar-refractivity contribution in [1.82, 2.24) is 9.97 Å². The van der Waals surface area contributed by atoms with Crippen molar-refractivity contribution >= 4 is 28.8 Å². The summed E-state index contributed by atoms with van der Waals surface area (Å²) in [5.41, 5.74) is 2.26. The fraction of sp³-hybridized carbons (Fsp3) is 0.286. The second-order valence-corrected chi connectivity index (χ2v) is 4.98. The Kier molecular flexibility index (Phi) is 3.51. The van der Waals surface area contributed by atoms with E-state index in [0.717, 1.165) is 18.8 Å². The molecule has 5 heteroatoms. The number of nitrogens with one attached hydrogen (secondary N) is 1. The van der Waals surface area contributed by atoms with E-state index < -0.39 is 0 Å². The van der Waals surface area contributed by atoms with E-state index in [1.165, 1.54) is 24.7 Å². The highest BCUT2D eigenvalue weighted by molar-refractivity contribution is 6.29. The Morgan fingerprint density at radius 3 is 2.47 bits per heavy atom. The van der Waals surface area contributed by atoms with Crippen LogP contribution in [0.5, 0.6) is 0 Å². The van der Waals surface area contributed by atoms with Gasteiger partial charge in [-0.05, 0) is 37.1 Å². The van der Waals surface area contributed by atoms with Gasteiger partial charge in [0.2, 0.25) is 0 Å². The number of hydrogen-bond acceptors (Lipinski definition) is 4. The number of rotatable bonds is 3. The highest BCUT2D eigenvalue weighted by atomic mass is 35.5. The van der Waals surface area contributed by atoms with Crippen LogP contribution in [0.1, 0.15) is 12.8 Å². The Morgan fingerprint density at radius 1 is 1.05 bits per heavy atom. The molecule has 19 heavy (non-hydrogen) atoms. The summed E-state index contributed by atoms with van der Waals surface area (Å²) in [5.74, 6) is 0.654. The van der Waals surface area contributed by atoms with Gasteiger partial charge in [0.1, 0.15) is 5.15 Å². The minimum absolute atomic E-state index is 0.388. The van der Waals surface area contributed by atoms with Crippen LogP contribution in [0.4, 0.5) is 17.2 Å². The van der Waals surface area contributed by atoms with Gasteiger partial charge in [-0.3, -0.25) is 4.98 Å². The van der Waals surface area contributed by atoms with Crippen molar-refractivity contribution in [3.8, 4) is 0 Å². The lowest BCUT2D eigenvalue weighted by Gasteiger charge is -2.17. The van der Waals surface area contributed by atoms with Crippen molar-refractivity contribution in [3.63, 3.8) is 0 Å². The Balaban J connectivity index is 1.72. The first-order chi connectivity index (χ1) is 9.31. The van der Waals surface area contributed by atoms with Gasteiger partial charge in [0.15, 0.2) is 5.82 Å². The lowest BCUT2D eigenvalue weighted by atomic mass is 10.2. The van der Waals surface area contributed by atoms with Crippen molar-refractivity contribution < 1.29 is 0 Å². The van der Waals surface area contributed by atoms with Gasteiger partial charge in [-0.1, -0.05) is 11.6 Å². The molecule has 0 amide bonds. The monoisotopic (exact) mass is 274 g/mol. The molecule has 0 saturated carbocycles. The van der Waals surface area contributed by atoms with E-state index in [0.29, 0.717) is 11.0 Å². The molecule has 0 atom stereocenters. The first-order valence-corrected chi connectivity index (χ1v) is 6.79. The third kappa shape index (κ3) is 2.96. The van der Waals surface area contributed by atoms with Crippen LogP contribution < -0.4 is 10.2 Å². The molecule has 1 aromatic heterocycles. The first-order valence-electron chi connectivity index (χ1n) is 6.41. The Hall–Kier alpha value is -1.81. The molecule has 1 aliphatic heterocycles. The van der Waals surface area contributed by atoms with Gasteiger partial charge in [-0.2, -0.15) is 0 Å². The SMILES string of the molecule is Clc1cncc(Nc2ccc(N3CCCC3)cc2)n1. The van der Waals surface area contributed by atoms with Gasteiger partial charge < -0.3 is 10.2 Å². The zero-order valence-corrected chi connectivity index (χ0v) is 11.3. The topological polar surface area (TPSA) is 41.1 Å². The van der Waals surface area contributed by atoms with Crippen LogP contribution in [-0.4, -0.2) is 23.1 Å². The summed E-state index contributed by atoms with van der Waals surface area (Å²) in [6.07, 6.45) is 5.75. The lowest BCUT2D eigenvalue weighted by Crippen LogP contribution is -2.17. The smallest absolute Gasteiger partial charge is 0.150 e. The van der Waals surface area contributed by atoms with Crippen molar-refractivity contribution in [2.75, 3.05) is 23.3 Å². The molecule has 0 aliphatic carbocycles. The van der Waals surface area contributed by atoms with Crippen molar-refractivity contribution in [2.45, 2.75) is 12.8 Å². The summed E-state index contributed by atoms with van der Waals surface area (Å²) in [5, 5.41) is 3.57. The summed E-state index contributed by atoms with van der Waals surface area (Å²) in [6.45, 7) is 2.32. The van der Waals surface area contributed by atoms with Gasteiger partial charge in [0, 0.05) is 24.5 Å². The van der Waals surface area contributed by atoms with Gasteiger partial charge in [-0.15, -0.1) is 0 Å². The summed E-state index contributed by atoms with van der Waals surface area (Å²) in [6, 6.07) is 8.36. The molecule has 2 heterocycles. The van der Waals surface area contributed by atoms with E-state index in [1.807, 2.05) is 0 Å². The Labute approximate surface area is 117 Å². The van der Waals surface area contributed by atoms with Crippen LogP contribution in [0, 0.1) is 0 Å². The standard InChI is InChI=1S/C14H15ClN4/c15-13-9-16-10-14(18-13)17-11-3-5-12(6-4-11)19-7-1-2-8-19/h3-6,9-10H,1-2,7-8H2,(H,17,18). The fourth-order valence-corrected chi connectivity index (χ4v) is 2.43. The van der Waals surface area contributed by atoms with Crippen LogP contribution in [0.3, 0.4) is 0 Å². The number of halogens is 1. The maximum atomic E-state index is 5.80. The molecule has 1 aliphatic rings. The van der Waals surface area contributed by atoms with Gasteiger partial charge >= 0.3 is 0 Å². The molecule has 1 saturated heterocycles. The van der Waals surface area contributed by atoms with E-state index in [-0.39, 0.29) is 0 Å². The zero-order chi connectivity index (χ0) is 13.1. The summed E-state index contributed by atoms with van der Waals surface area (Å²) in [4.78, 5) is 10.6. The molecule has 1 N–H and O–H groups in total. The van der Waals surface area contributed by atoms with E-state index in [1.54, 1.807) is 6.20 Å². The largest absolute Gasteiger partial charge is 0.372 e. The zero-order valence-electron chi connectivity index (χ0n) is 10.5. The van der Waals surface area contributed by atoms with Crippen LogP contribution in [0.2, 0.25) is 5.15 Å². The molecule has 0 unspecified atom stereocenters. The summed E-state index contributed by atoms with van der Waals surface area (Å²) in [7, 11) is 0. The van der Waals surface area contributed by atoms with Crippen molar-refractivity contribution in [3.05, 3.63) is 41.8 Å². The minimum Gasteiger partial charge on any atom is -0.372 e. The summed E-state index contributed by atoms with van der Waals surface area (Å²) < 4.78 is 0. The number of aromatic nitrogens is 2. The number of hydrogen-bond donors (Lipinski definition) is 1. The highest BCUT2D eigenvalue weighted by Gasteiger charge is 2.11. The molecule has 0 bridgehead atoms. The van der Waals surface area contributed by atoms with E-state index in [2.05, 4.69) is 44.5 Å². The summed E-state index contributed by atoms with van der Waals surface area (Å²) >= 11 is 5.80. The third-order valence-corrected chi connectivity index (χ3v) is 3.40. The average molecular weight is 275 g/mol. The van der Waals surface area contributed by atoms with Crippen LogP contribution in [0.25, 0.3) is 0 Å².